The van der Waals surface area contributed by atoms with Crippen molar-refractivity contribution in [3.05, 3.63) is 53.9 Å². The number of hydrogen-bond donors (Lipinski definition) is 2. The molecule has 0 unspecified atom stereocenters. The molecule has 1 aromatic carbocycles. The molecule has 0 saturated heterocycles. The molecule has 0 spiro atoms. The van der Waals surface area contributed by atoms with Crippen molar-refractivity contribution in [3.8, 4) is 0 Å². The van der Waals surface area contributed by atoms with E-state index in [0.29, 0.717) is 12.5 Å². The molecule has 2 rings (SSSR count). The van der Waals surface area contributed by atoms with Gasteiger partial charge in [-0.1, -0.05) is 24.3 Å². The molecule has 1 aromatic heterocycles. The second-order valence-electron chi connectivity index (χ2n) is 3.78. The zero-order valence-corrected chi connectivity index (χ0v) is 9.63. The highest BCUT2D eigenvalue weighted by molar-refractivity contribution is 5.28. The fourth-order valence-corrected chi connectivity index (χ4v) is 1.56. The molecule has 88 valence electrons. The van der Waals surface area contributed by atoms with Gasteiger partial charge >= 0.3 is 0 Å². The fraction of sp³-hybridized carbons (Fsp3) is 0.231. The predicted molar refractivity (Wildman–Crippen MR) is 68.6 cm³/mol. The molecule has 0 fully saturated rings. The number of aromatic nitrogens is 2. The number of nitrogens with one attached hydrogen (secondary N) is 1. The van der Waals surface area contributed by atoms with Crippen molar-refractivity contribution in [2.45, 2.75) is 13.0 Å². The summed E-state index contributed by atoms with van der Waals surface area (Å²) >= 11 is 0. The summed E-state index contributed by atoms with van der Waals surface area (Å²) < 4.78 is 0. The number of nitrogens with two attached hydrogens (primary N) is 1. The van der Waals surface area contributed by atoms with Crippen LogP contribution >= 0.6 is 0 Å². The van der Waals surface area contributed by atoms with E-state index in [1.807, 2.05) is 0 Å². The molecule has 1 heterocycles. The number of benzene rings is 1. The lowest BCUT2D eigenvalue weighted by Crippen LogP contribution is -2.04. The average molecular weight is 228 g/mol. The van der Waals surface area contributed by atoms with Crippen LogP contribution in [0.5, 0.6) is 0 Å². The van der Waals surface area contributed by atoms with Crippen LogP contribution in [0.15, 0.2) is 42.7 Å². The zero-order valence-electron chi connectivity index (χ0n) is 9.63. The fourth-order valence-electron chi connectivity index (χ4n) is 1.56. The van der Waals surface area contributed by atoms with E-state index in [-0.39, 0.29) is 0 Å². The van der Waals surface area contributed by atoms with E-state index in [2.05, 4.69) is 39.6 Å². The molecule has 0 amide bonds. The molecule has 0 bridgehead atoms. The second kappa shape index (κ2) is 5.96. The third-order valence-corrected chi connectivity index (χ3v) is 2.47. The van der Waals surface area contributed by atoms with Crippen molar-refractivity contribution < 1.29 is 0 Å². The molecule has 3 N–H and O–H groups in total. The number of anilines is 1. The number of rotatable bonds is 5. The van der Waals surface area contributed by atoms with Crippen LogP contribution in [0.25, 0.3) is 0 Å². The van der Waals surface area contributed by atoms with Gasteiger partial charge in [0, 0.05) is 18.9 Å². The lowest BCUT2D eigenvalue weighted by atomic mass is 10.1. The van der Waals surface area contributed by atoms with Crippen LogP contribution in [0, 0.1) is 0 Å². The summed E-state index contributed by atoms with van der Waals surface area (Å²) in [5.41, 5.74) is 7.98. The summed E-state index contributed by atoms with van der Waals surface area (Å²) in [5, 5.41) is 3.17. The van der Waals surface area contributed by atoms with Crippen LogP contribution in [-0.4, -0.2) is 16.5 Å². The van der Waals surface area contributed by atoms with Gasteiger partial charge in [-0.2, -0.15) is 0 Å². The van der Waals surface area contributed by atoms with Crippen molar-refractivity contribution >= 4 is 5.95 Å². The highest BCUT2D eigenvalue weighted by Crippen LogP contribution is 2.06. The van der Waals surface area contributed by atoms with Gasteiger partial charge in [0.15, 0.2) is 0 Å². The molecule has 0 aliphatic carbocycles. The van der Waals surface area contributed by atoms with Gasteiger partial charge < -0.3 is 11.1 Å². The topological polar surface area (TPSA) is 63.8 Å². The quantitative estimate of drug-likeness (QED) is 0.815. The first kappa shape index (κ1) is 11.5. The standard InChI is InChI=1S/C13H16N4/c14-7-6-11-2-4-12(5-3-11)10-17-13-15-8-1-9-16-13/h1-5,8-9H,6-7,10,14H2,(H,15,16,17). The van der Waals surface area contributed by atoms with Crippen LogP contribution in [-0.2, 0) is 13.0 Å². The van der Waals surface area contributed by atoms with E-state index in [4.69, 9.17) is 5.73 Å². The van der Waals surface area contributed by atoms with Crippen molar-refractivity contribution in [2.24, 2.45) is 5.73 Å². The van der Waals surface area contributed by atoms with Gasteiger partial charge in [-0.15, -0.1) is 0 Å². The van der Waals surface area contributed by atoms with Crippen LogP contribution in [0.1, 0.15) is 11.1 Å². The Morgan fingerprint density at radius 1 is 1.00 bits per heavy atom. The summed E-state index contributed by atoms with van der Waals surface area (Å²) in [5.74, 6) is 0.651. The molecule has 0 saturated carbocycles. The van der Waals surface area contributed by atoms with Gasteiger partial charge in [-0.3, -0.25) is 0 Å². The minimum Gasteiger partial charge on any atom is -0.350 e. The Hall–Kier alpha value is -1.94. The lowest BCUT2D eigenvalue weighted by molar-refractivity contribution is 0.965. The predicted octanol–water partition coefficient (Wildman–Crippen LogP) is 1.59. The van der Waals surface area contributed by atoms with E-state index < -0.39 is 0 Å². The number of nitrogens with zero attached hydrogens (tertiary/aromatic N) is 2. The SMILES string of the molecule is NCCc1ccc(CNc2ncccn2)cc1. The third-order valence-electron chi connectivity index (χ3n) is 2.47. The first-order chi connectivity index (χ1) is 8.38. The lowest BCUT2D eigenvalue weighted by Gasteiger charge is -2.05. The molecular formula is C13H16N4. The van der Waals surface area contributed by atoms with Crippen molar-refractivity contribution in [3.63, 3.8) is 0 Å². The second-order valence-corrected chi connectivity index (χ2v) is 3.78. The third kappa shape index (κ3) is 3.53. The normalized spacial score (nSPS) is 10.2. The summed E-state index contributed by atoms with van der Waals surface area (Å²) in [6.07, 6.45) is 4.37. The monoisotopic (exact) mass is 228 g/mol. The molecule has 4 nitrogen and oxygen atoms in total. The van der Waals surface area contributed by atoms with Crippen molar-refractivity contribution in [1.82, 2.24) is 9.97 Å². The zero-order chi connectivity index (χ0) is 11.9. The van der Waals surface area contributed by atoms with E-state index in [9.17, 15) is 0 Å². The smallest absolute Gasteiger partial charge is 0.222 e. The Morgan fingerprint density at radius 2 is 1.65 bits per heavy atom. The van der Waals surface area contributed by atoms with Crippen LogP contribution in [0.2, 0.25) is 0 Å². The summed E-state index contributed by atoms with van der Waals surface area (Å²) in [4.78, 5) is 8.20. The van der Waals surface area contributed by atoms with Gasteiger partial charge in [0.25, 0.3) is 0 Å². The summed E-state index contributed by atoms with van der Waals surface area (Å²) in [7, 11) is 0. The van der Waals surface area contributed by atoms with Crippen LogP contribution in [0.3, 0.4) is 0 Å². The Bertz CT molecular complexity index is 439. The highest BCUT2D eigenvalue weighted by atomic mass is 15.1. The number of hydrogen-bond acceptors (Lipinski definition) is 4. The summed E-state index contributed by atoms with van der Waals surface area (Å²) in [6.45, 7) is 1.42. The minimum absolute atomic E-state index is 0.651. The first-order valence-electron chi connectivity index (χ1n) is 5.67. The van der Waals surface area contributed by atoms with E-state index >= 15 is 0 Å². The maximum atomic E-state index is 5.50. The van der Waals surface area contributed by atoms with Gasteiger partial charge in [0.05, 0.1) is 0 Å². The van der Waals surface area contributed by atoms with Crippen LogP contribution < -0.4 is 11.1 Å². The molecular weight excluding hydrogens is 212 g/mol. The molecule has 17 heavy (non-hydrogen) atoms. The summed E-state index contributed by atoms with van der Waals surface area (Å²) in [6, 6.07) is 10.2. The van der Waals surface area contributed by atoms with E-state index in [1.54, 1.807) is 18.5 Å². The molecule has 2 aromatic rings. The van der Waals surface area contributed by atoms with Crippen molar-refractivity contribution in [1.29, 1.82) is 0 Å². The van der Waals surface area contributed by atoms with Gasteiger partial charge in [0.2, 0.25) is 5.95 Å². The Kier molecular flexibility index (Phi) is 4.05. The average Bonchev–Trinajstić information content (AvgIpc) is 2.40. The minimum atomic E-state index is 0.651. The van der Waals surface area contributed by atoms with Gasteiger partial charge in [0.1, 0.15) is 0 Å². The Labute approximate surface area is 101 Å². The largest absolute Gasteiger partial charge is 0.350 e. The maximum Gasteiger partial charge on any atom is 0.222 e. The molecule has 0 atom stereocenters. The molecule has 0 radical (unpaired) electrons. The van der Waals surface area contributed by atoms with Gasteiger partial charge in [-0.25, -0.2) is 9.97 Å². The highest BCUT2D eigenvalue weighted by Gasteiger charge is 1.96. The Morgan fingerprint density at radius 3 is 2.29 bits per heavy atom. The molecule has 4 heteroatoms. The van der Waals surface area contributed by atoms with E-state index in [1.165, 1.54) is 11.1 Å². The molecule has 0 aliphatic heterocycles. The van der Waals surface area contributed by atoms with Gasteiger partial charge in [-0.05, 0) is 30.2 Å². The Balaban J connectivity index is 1.91. The molecule has 0 aliphatic rings. The van der Waals surface area contributed by atoms with E-state index in [0.717, 1.165) is 13.0 Å². The van der Waals surface area contributed by atoms with Crippen molar-refractivity contribution in [2.75, 3.05) is 11.9 Å². The first-order valence-corrected chi connectivity index (χ1v) is 5.67. The maximum absolute atomic E-state index is 5.50. The van der Waals surface area contributed by atoms with Crippen LogP contribution in [0.4, 0.5) is 5.95 Å².